The molecule has 0 radical (unpaired) electrons. The van der Waals surface area contributed by atoms with Crippen LogP contribution >= 0.6 is 23.1 Å². The van der Waals surface area contributed by atoms with Crippen LogP contribution in [-0.4, -0.2) is 19.4 Å². The van der Waals surface area contributed by atoms with Crippen LogP contribution in [0.4, 0.5) is 0 Å². The molecule has 20 heavy (non-hydrogen) atoms. The number of para-hydroxylation sites is 1. The Morgan fingerprint density at radius 3 is 2.80 bits per heavy atom. The molecule has 0 fully saturated rings. The van der Waals surface area contributed by atoms with Crippen molar-refractivity contribution in [2.24, 2.45) is 0 Å². The zero-order valence-electron chi connectivity index (χ0n) is 12.0. The van der Waals surface area contributed by atoms with Crippen molar-refractivity contribution in [1.29, 1.82) is 0 Å². The number of ether oxygens (including phenoxy) is 1. The second-order valence-electron chi connectivity index (χ2n) is 4.49. The second kappa shape index (κ2) is 8.35. The normalized spacial score (nSPS) is 12.3. The van der Waals surface area contributed by atoms with Crippen LogP contribution in [0.25, 0.3) is 0 Å². The predicted octanol–water partition coefficient (Wildman–Crippen LogP) is 4.59. The molecule has 0 bridgehead atoms. The van der Waals surface area contributed by atoms with Gasteiger partial charge in [0, 0.05) is 17.4 Å². The summed E-state index contributed by atoms with van der Waals surface area (Å²) in [6.07, 6.45) is 1.13. The van der Waals surface area contributed by atoms with Crippen molar-refractivity contribution in [3.05, 3.63) is 47.3 Å². The molecule has 0 aliphatic carbocycles. The summed E-state index contributed by atoms with van der Waals surface area (Å²) < 4.78 is 6.86. The standard InChI is InChI=1S/C16H21NOS2/c1-3-10-17-14(12-20-16-9-6-11-19-16)13-7-4-5-8-15(13)18-2/h4-9,11,14,17H,3,10,12H2,1-2H3. The van der Waals surface area contributed by atoms with E-state index in [1.165, 1.54) is 9.77 Å². The van der Waals surface area contributed by atoms with Gasteiger partial charge in [-0.3, -0.25) is 0 Å². The molecule has 0 spiro atoms. The topological polar surface area (TPSA) is 21.3 Å². The van der Waals surface area contributed by atoms with Crippen LogP contribution in [0.5, 0.6) is 5.75 Å². The molecular weight excluding hydrogens is 286 g/mol. The molecule has 2 nitrogen and oxygen atoms in total. The Morgan fingerprint density at radius 1 is 1.25 bits per heavy atom. The van der Waals surface area contributed by atoms with Gasteiger partial charge in [-0.1, -0.05) is 31.2 Å². The number of hydrogen-bond acceptors (Lipinski definition) is 4. The zero-order chi connectivity index (χ0) is 14.2. The molecule has 1 atom stereocenters. The average Bonchev–Trinajstić information content (AvgIpc) is 3.01. The van der Waals surface area contributed by atoms with Crippen molar-refractivity contribution >= 4 is 23.1 Å². The fraction of sp³-hybridized carbons (Fsp3) is 0.375. The van der Waals surface area contributed by atoms with Crippen LogP contribution in [0.1, 0.15) is 24.9 Å². The van der Waals surface area contributed by atoms with Crippen LogP contribution in [0.15, 0.2) is 46.0 Å². The van der Waals surface area contributed by atoms with E-state index in [1.54, 1.807) is 18.4 Å². The molecule has 0 saturated carbocycles. The maximum absolute atomic E-state index is 5.50. The van der Waals surface area contributed by atoms with Crippen LogP contribution in [0.2, 0.25) is 0 Å². The van der Waals surface area contributed by atoms with Gasteiger partial charge in [0.15, 0.2) is 0 Å². The van der Waals surface area contributed by atoms with E-state index in [4.69, 9.17) is 4.74 Å². The lowest BCUT2D eigenvalue weighted by atomic mass is 10.1. The minimum Gasteiger partial charge on any atom is -0.496 e. The van der Waals surface area contributed by atoms with Gasteiger partial charge in [0.2, 0.25) is 0 Å². The van der Waals surface area contributed by atoms with E-state index >= 15 is 0 Å². The molecule has 2 aromatic rings. The second-order valence-corrected chi connectivity index (χ2v) is 6.76. The molecule has 0 aliphatic rings. The third kappa shape index (κ3) is 4.27. The summed E-state index contributed by atoms with van der Waals surface area (Å²) in [4.78, 5) is 0. The average molecular weight is 307 g/mol. The molecule has 4 heteroatoms. The van der Waals surface area contributed by atoms with E-state index in [9.17, 15) is 0 Å². The lowest BCUT2D eigenvalue weighted by Crippen LogP contribution is -2.24. The number of hydrogen-bond donors (Lipinski definition) is 1. The number of nitrogens with one attached hydrogen (secondary N) is 1. The maximum atomic E-state index is 5.50. The van der Waals surface area contributed by atoms with Crippen molar-refractivity contribution in [3.8, 4) is 5.75 Å². The highest BCUT2D eigenvalue weighted by Gasteiger charge is 2.15. The highest BCUT2D eigenvalue weighted by atomic mass is 32.2. The first kappa shape index (κ1) is 15.4. The first-order valence-electron chi connectivity index (χ1n) is 6.87. The Hall–Kier alpha value is -0.970. The van der Waals surface area contributed by atoms with Crippen LogP contribution in [0.3, 0.4) is 0 Å². The Bertz CT molecular complexity index is 499. The smallest absolute Gasteiger partial charge is 0.123 e. The van der Waals surface area contributed by atoms with Crippen molar-refractivity contribution in [2.75, 3.05) is 19.4 Å². The van der Waals surface area contributed by atoms with Gasteiger partial charge in [0.1, 0.15) is 5.75 Å². The van der Waals surface area contributed by atoms with E-state index in [0.717, 1.165) is 24.5 Å². The molecule has 1 aromatic carbocycles. The third-order valence-electron chi connectivity index (χ3n) is 3.04. The lowest BCUT2D eigenvalue weighted by molar-refractivity contribution is 0.402. The summed E-state index contributed by atoms with van der Waals surface area (Å²) in [5.41, 5.74) is 1.24. The zero-order valence-corrected chi connectivity index (χ0v) is 13.6. The highest BCUT2D eigenvalue weighted by Crippen LogP contribution is 2.31. The van der Waals surface area contributed by atoms with Gasteiger partial charge >= 0.3 is 0 Å². The molecule has 1 aromatic heterocycles. The lowest BCUT2D eigenvalue weighted by Gasteiger charge is -2.20. The number of thiophene rings is 1. The Kier molecular flexibility index (Phi) is 6.43. The molecule has 108 valence electrons. The molecule has 0 saturated heterocycles. The largest absolute Gasteiger partial charge is 0.496 e. The van der Waals surface area contributed by atoms with Crippen molar-refractivity contribution in [3.63, 3.8) is 0 Å². The van der Waals surface area contributed by atoms with Gasteiger partial charge < -0.3 is 10.1 Å². The SMILES string of the molecule is CCCNC(CSc1cccs1)c1ccccc1OC. The van der Waals surface area contributed by atoms with E-state index in [-0.39, 0.29) is 0 Å². The first-order valence-corrected chi connectivity index (χ1v) is 8.74. The summed E-state index contributed by atoms with van der Waals surface area (Å²) in [6.45, 7) is 3.21. The summed E-state index contributed by atoms with van der Waals surface area (Å²) in [7, 11) is 1.74. The molecule has 2 rings (SSSR count). The van der Waals surface area contributed by atoms with Gasteiger partial charge in [-0.2, -0.15) is 0 Å². The van der Waals surface area contributed by atoms with E-state index < -0.39 is 0 Å². The minimum absolute atomic E-state index is 0.318. The molecule has 1 N–H and O–H groups in total. The van der Waals surface area contributed by atoms with Crippen molar-refractivity contribution in [1.82, 2.24) is 5.32 Å². The summed E-state index contributed by atoms with van der Waals surface area (Å²) in [5, 5.41) is 5.75. The Morgan fingerprint density at radius 2 is 2.10 bits per heavy atom. The van der Waals surface area contributed by atoms with Gasteiger partial charge in [0.25, 0.3) is 0 Å². The van der Waals surface area contributed by atoms with Gasteiger partial charge in [-0.25, -0.2) is 0 Å². The monoisotopic (exact) mass is 307 g/mol. The Balaban J connectivity index is 2.09. The number of rotatable bonds is 8. The van der Waals surface area contributed by atoms with E-state index in [1.807, 2.05) is 23.9 Å². The van der Waals surface area contributed by atoms with Crippen LogP contribution in [0, 0.1) is 0 Å². The molecule has 1 unspecified atom stereocenters. The van der Waals surface area contributed by atoms with Gasteiger partial charge in [-0.15, -0.1) is 23.1 Å². The van der Waals surface area contributed by atoms with Crippen LogP contribution in [-0.2, 0) is 0 Å². The molecular formula is C16H21NOS2. The quantitative estimate of drug-likeness (QED) is 0.721. The summed E-state index contributed by atoms with van der Waals surface area (Å²) in [6, 6.07) is 12.9. The number of thioether (sulfide) groups is 1. The molecule has 1 heterocycles. The predicted molar refractivity (Wildman–Crippen MR) is 89.1 cm³/mol. The minimum atomic E-state index is 0.318. The number of benzene rings is 1. The van der Waals surface area contributed by atoms with E-state index in [0.29, 0.717) is 6.04 Å². The van der Waals surface area contributed by atoms with Gasteiger partial charge in [0.05, 0.1) is 11.3 Å². The highest BCUT2D eigenvalue weighted by molar-refractivity contribution is 8.01. The third-order valence-corrected chi connectivity index (χ3v) is 5.27. The van der Waals surface area contributed by atoms with Crippen molar-refractivity contribution < 1.29 is 4.74 Å². The van der Waals surface area contributed by atoms with Crippen LogP contribution < -0.4 is 10.1 Å². The van der Waals surface area contributed by atoms with Gasteiger partial charge in [-0.05, 0) is 30.5 Å². The summed E-state index contributed by atoms with van der Waals surface area (Å²) >= 11 is 3.70. The van der Waals surface area contributed by atoms with Crippen molar-refractivity contribution in [2.45, 2.75) is 23.6 Å². The summed E-state index contributed by atoms with van der Waals surface area (Å²) in [5.74, 6) is 1.98. The molecule has 0 aliphatic heterocycles. The fourth-order valence-corrected chi connectivity index (χ4v) is 3.94. The Labute approximate surface area is 129 Å². The fourth-order valence-electron chi connectivity index (χ4n) is 2.04. The maximum Gasteiger partial charge on any atom is 0.123 e. The number of methoxy groups -OCH3 is 1. The van der Waals surface area contributed by atoms with E-state index in [2.05, 4.69) is 41.9 Å². The first-order chi connectivity index (χ1) is 9.85. The molecule has 0 amide bonds.